The first-order valence-electron chi connectivity index (χ1n) is 5.81. The first kappa shape index (κ1) is 11.4. The topological polar surface area (TPSA) is 51.4 Å². The number of rotatable bonds is 2. The van der Waals surface area contributed by atoms with Crippen molar-refractivity contribution in [2.24, 2.45) is 5.73 Å². The van der Waals surface area contributed by atoms with E-state index in [0.29, 0.717) is 0 Å². The summed E-state index contributed by atoms with van der Waals surface area (Å²) in [6.07, 6.45) is 2.89. The highest BCUT2D eigenvalue weighted by molar-refractivity contribution is 5.41. The minimum absolute atomic E-state index is 0.0602. The molecule has 0 radical (unpaired) electrons. The van der Waals surface area contributed by atoms with Crippen LogP contribution >= 0.6 is 0 Å². The maximum absolute atomic E-state index is 5.87. The lowest BCUT2D eigenvalue weighted by atomic mass is 10.1. The number of anilines is 1. The summed E-state index contributed by atoms with van der Waals surface area (Å²) in [5.74, 6) is 1.01. The van der Waals surface area contributed by atoms with E-state index in [9.17, 15) is 0 Å². The molecule has 2 N–H and O–H groups in total. The van der Waals surface area contributed by atoms with Gasteiger partial charge in [0, 0.05) is 31.9 Å². The number of nitrogens with zero attached hydrogens (tertiary/aromatic N) is 2. The van der Waals surface area contributed by atoms with Gasteiger partial charge in [-0.2, -0.15) is 0 Å². The molecule has 1 aliphatic heterocycles. The van der Waals surface area contributed by atoms with Crippen molar-refractivity contribution in [3.63, 3.8) is 0 Å². The van der Waals surface area contributed by atoms with E-state index in [0.717, 1.165) is 44.1 Å². The molecule has 88 valence electrons. The van der Waals surface area contributed by atoms with Crippen LogP contribution in [0.1, 0.15) is 24.9 Å². The summed E-state index contributed by atoms with van der Waals surface area (Å²) in [6.45, 7) is 5.54. The van der Waals surface area contributed by atoms with Gasteiger partial charge in [0.2, 0.25) is 0 Å². The fourth-order valence-corrected chi connectivity index (χ4v) is 1.87. The maximum atomic E-state index is 5.87. The summed E-state index contributed by atoms with van der Waals surface area (Å²) < 4.78 is 5.43. The minimum Gasteiger partial charge on any atom is -0.380 e. The summed E-state index contributed by atoms with van der Waals surface area (Å²) in [6, 6.07) is 4.11. The Kier molecular flexibility index (Phi) is 3.74. The predicted octanol–water partition coefficient (Wildman–Crippen LogP) is 1.33. The van der Waals surface area contributed by atoms with Crippen LogP contribution in [0, 0.1) is 0 Å². The third-order valence-electron chi connectivity index (χ3n) is 2.84. The zero-order valence-corrected chi connectivity index (χ0v) is 9.72. The van der Waals surface area contributed by atoms with Crippen molar-refractivity contribution in [1.82, 2.24) is 4.98 Å². The Morgan fingerprint density at radius 3 is 3.12 bits per heavy atom. The van der Waals surface area contributed by atoms with Crippen LogP contribution in [0.3, 0.4) is 0 Å². The van der Waals surface area contributed by atoms with Crippen molar-refractivity contribution in [3.8, 4) is 0 Å². The molecule has 4 heteroatoms. The fourth-order valence-electron chi connectivity index (χ4n) is 1.87. The van der Waals surface area contributed by atoms with Crippen LogP contribution in [0.4, 0.5) is 5.82 Å². The molecule has 0 aliphatic carbocycles. The molecule has 4 nitrogen and oxygen atoms in total. The highest BCUT2D eigenvalue weighted by atomic mass is 16.5. The van der Waals surface area contributed by atoms with E-state index in [1.165, 1.54) is 0 Å². The van der Waals surface area contributed by atoms with Gasteiger partial charge in [0.25, 0.3) is 0 Å². The van der Waals surface area contributed by atoms with Gasteiger partial charge in [-0.25, -0.2) is 4.98 Å². The van der Waals surface area contributed by atoms with Gasteiger partial charge in [-0.1, -0.05) is 0 Å². The predicted molar refractivity (Wildman–Crippen MR) is 64.5 cm³/mol. The first-order valence-corrected chi connectivity index (χ1v) is 5.81. The summed E-state index contributed by atoms with van der Waals surface area (Å²) >= 11 is 0. The van der Waals surface area contributed by atoms with Crippen molar-refractivity contribution in [1.29, 1.82) is 0 Å². The summed E-state index contributed by atoms with van der Waals surface area (Å²) in [5.41, 5.74) is 7.01. The molecule has 0 aromatic carbocycles. The summed E-state index contributed by atoms with van der Waals surface area (Å²) in [7, 11) is 0. The third-order valence-corrected chi connectivity index (χ3v) is 2.84. The van der Waals surface area contributed by atoms with Crippen LogP contribution < -0.4 is 10.6 Å². The molecule has 0 amide bonds. The van der Waals surface area contributed by atoms with E-state index >= 15 is 0 Å². The van der Waals surface area contributed by atoms with Crippen molar-refractivity contribution in [2.45, 2.75) is 19.4 Å². The van der Waals surface area contributed by atoms with Crippen LogP contribution in [-0.4, -0.2) is 31.3 Å². The normalized spacial score (nSPS) is 19.2. The molecule has 1 atom stereocenters. The minimum atomic E-state index is 0.0602. The third kappa shape index (κ3) is 2.71. The van der Waals surface area contributed by atoms with E-state index in [4.69, 9.17) is 10.5 Å². The molecule has 2 heterocycles. The van der Waals surface area contributed by atoms with Crippen molar-refractivity contribution in [3.05, 3.63) is 23.9 Å². The van der Waals surface area contributed by atoms with Gasteiger partial charge in [0.1, 0.15) is 5.82 Å². The van der Waals surface area contributed by atoms with Crippen LogP contribution in [0.15, 0.2) is 18.3 Å². The van der Waals surface area contributed by atoms with Crippen molar-refractivity contribution < 1.29 is 4.74 Å². The number of hydrogen-bond donors (Lipinski definition) is 1. The standard InChI is InChI=1S/C12H19N3O/c1-10(13)11-3-4-14-12(9-11)15-5-2-7-16-8-6-15/h3-4,9-10H,2,5-8,13H2,1H3. The average molecular weight is 221 g/mol. The monoisotopic (exact) mass is 221 g/mol. The quantitative estimate of drug-likeness (QED) is 0.818. The zero-order chi connectivity index (χ0) is 11.4. The Morgan fingerprint density at radius 2 is 2.31 bits per heavy atom. The van der Waals surface area contributed by atoms with Crippen LogP contribution in [0.5, 0.6) is 0 Å². The van der Waals surface area contributed by atoms with E-state index in [2.05, 4.69) is 16.0 Å². The maximum Gasteiger partial charge on any atom is 0.128 e. The first-order chi connectivity index (χ1) is 7.77. The Balaban J connectivity index is 2.15. The van der Waals surface area contributed by atoms with Gasteiger partial charge in [-0.3, -0.25) is 0 Å². The second-order valence-corrected chi connectivity index (χ2v) is 4.19. The Hall–Kier alpha value is -1.13. The highest BCUT2D eigenvalue weighted by Gasteiger charge is 2.12. The van der Waals surface area contributed by atoms with Crippen LogP contribution in [0.2, 0.25) is 0 Å². The second-order valence-electron chi connectivity index (χ2n) is 4.19. The Bertz CT molecular complexity index is 333. The van der Waals surface area contributed by atoms with Gasteiger partial charge in [0.15, 0.2) is 0 Å². The SMILES string of the molecule is CC(N)c1ccnc(N2CCCOCC2)c1. The lowest BCUT2D eigenvalue weighted by Gasteiger charge is -2.21. The average Bonchev–Trinajstić information content (AvgIpc) is 2.57. The van der Waals surface area contributed by atoms with Crippen molar-refractivity contribution in [2.75, 3.05) is 31.2 Å². The number of ether oxygens (including phenoxy) is 1. The highest BCUT2D eigenvalue weighted by Crippen LogP contribution is 2.17. The fraction of sp³-hybridized carbons (Fsp3) is 0.583. The number of pyridine rings is 1. The van der Waals surface area contributed by atoms with Crippen LogP contribution in [-0.2, 0) is 4.74 Å². The van der Waals surface area contributed by atoms with E-state index in [1.54, 1.807) is 0 Å². The number of nitrogens with two attached hydrogens (primary N) is 1. The molecule has 2 rings (SSSR count). The molecule has 1 aromatic heterocycles. The molecule has 0 bridgehead atoms. The Morgan fingerprint density at radius 1 is 1.44 bits per heavy atom. The van der Waals surface area contributed by atoms with Crippen molar-refractivity contribution >= 4 is 5.82 Å². The lowest BCUT2D eigenvalue weighted by molar-refractivity contribution is 0.152. The van der Waals surface area contributed by atoms with Gasteiger partial charge in [-0.15, -0.1) is 0 Å². The molecule has 1 aliphatic rings. The zero-order valence-electron chi connectivity index (χ0n) is 9.72. The smallest absolute Gasteiger partial charge is 0.128 e. The van der Waals surface area contributed by atoms with E-state index in [1.807, 2.05) is 19.2 Å². The number of hydrogen-bond acceptors (Lipinski definition) is 4. The molecule has 1 unspecified atom stereocenters. The Labute approximate surface area is 96.4 Å². The van der Waals surface area contributed by atoms with Gasteiger partial charge in [0.05, 0.1) is 6.61 Å². The lowest BCUT2D eigenvalue weighted by Crippen LogP contribution is -2.27. The number of aromatic nitrogens is 1. The van der Waals surface area contributed by atoms with Crippen LogP contribution in [0.25, 0.3) is 0 Å². The van der Waals surface area contributed by atoms with E-state index in [-0.39, 0.29) is 6.04 Å². The molecule has 1 saturated heterocycles. The molecular formula is C12H19N3O. The van der Waals surface area contributed by atoms with E-state index < -0.39 is 0 Å². The largest absolute Gasteiger partial charge is 0.380 e. The molecule has 0 saturated carbocycles. The van der Waals surface area contributed by atoms with Gasteiger partial charge < -0.3 is 15.4 Å². The van der Waals surface area contributed by atoms with Gasteiger partial charge >= 0.3 is 0 Å². The second kappa shape index (κ2) is 5.27. The molecule has 0 spiro atoms. The molecule has 16 heavy (non-hydrogen) atoms. The van der Waals surface area contributed by atoms with Gasteiger partial charge in [-0.05, 0) is 31.0 Å². The summed E-state index contributed by atoms with van der Waals surface area (Å²) in [4.78, 5) is 6.66. The summed E-state index contributed by atoms with van der Waals surface area (Å²) in [5, 5.41) is 0. The molecular weight excluding hydrogens is 202 g/mol. The molecule has 1 aromatic rings. The molecule has 1 fully saturated rings.